The third kappa shape index (κ3) is 7.14. The second-order valence-corrected chi connectivity index (χ2v) is 12.7. The minimum Gasteiger partial charge on any atom is -0.378 e. The lowest BCUT2D eigenvalue weighted by Crippen LogP contribution is -2.46. The van der Waals surface area contributed by atoms with Gasteiger partial charge in [0.15, 0.2) is 15.6 Å². The van der Waals surface area contributed by atoms with Crippen molar-refractivity contribution in [2.45, 2.75) is 83.6 Å². The number of hydrogen-bond acceptors (Lipinski definition) is 4. The maximum Gasteiger partial charge on any atom is 0.248 e. The summed E-state index contributed by atoms with van der Waals surface area (Å²) < 4.78 is 51.0. The first-order valence-electron chi connectivity index (χ1n) is 12.0. The van der Waals surface area contributed by atoms with Crippen LogP contribution in [0.15, 0.2) is 33.9 Å². The molecule has 0 aromatic rings. The Morgan fingerprint density at radius 3 is 2.55 bits per heavy atom. The Morgan fingerprint density at radius 1 is 1.27 bits per heavy atom. The molecule has 0 amide bonds. The summed E-state index contributed by atoms with van der Waals surface area (Å²) in [5, 5.41) is 4.03. The number of carbonyl (C=O) groups is 1. The quantitative estimate of drug-likeness (QED) is 0.432. The van der Waals surface area contributed by atoms with Gasteiger partial charge in [-0.1, -0.05) is 37.6 Å². The van der Waals surface area contributed by atoms with Gasteiger partial charge >= 0.3 is 0 Å². The second-order valence-electron chi connectivity index (χ2n) is 10.3. The van der Waals surface area contributed by atoms with Crippen LogP contribution in [0.1, 0.15) is 71.6 Å². The molecule has 3 aliphatic carbocycles. The average Bonchev–Trinajstić information content (AvgIpc) is 2.71. The first kappa shape index (κ1) is 26.4. The summed E-state index contributed by atoms with van der Waals surface area (Å²) in [5.41, 5.74) is 0.726. The number of sulfone groups is 1. The van der Waals surface area contributed by atoms with Gasteiger partial charge in [0.1, 0.15) is 0 Å². The third-order valence-corrected chi connectivity index (χ3v) is 8.82. The van der Waals surface area contributed by atoms with Gasteiger partial charge in [-0.15, -0.1) is 0 Å². The maximum atomic E-state index is 13.5. The number of ketones is 1. The van der Waals surface area contributed by atoms with Crippen molar-refractivity contribution in [2.75, 3.05) is 6.26 Å². The lowest BCUT2D eigenvalue weighted by Gasteiger charge is -2.37. The van der Waals surface area contributed by atoms with Gasteiger partial charge in [0.2, 0.25) is 5.92 Å². The van der Waals surface area contributed by atoms with Crippen LogP contribution in [0.4, 0.5) is 8.78 Å². The number of rotatable bonds is 8. The molecule has 0 radical (unpaired) electrons. The summed E-state index contributed by atoms with van der Waals surface area (Å²) in [6.45, 7) is 4.20. The van der Waals surface area contributed by atoms with Crippen molar-refractivity contribution in [3.05, 3.63) is 33.9 Å². The number of carbonyl (C=O) groups excluding carboxylic acids is 1. The van der Waals surface area contributed by atoms with E-state index in [1.165, 1.54) is 6.26 Å². The first-order valence-corrected chi connectivity index (χ1v) is 14.3. The lowest BCUT2D eigenvalue weighted by atomic mass is 9.74. The van der Waals surface area contributed by atoms with Gasteiger partial charge < -0.3 is 5.32 Å². The summed E-state index contributed by atoms with van der Waals surface area (Å²) in [6, 6.07) is -0.563. The highest BCUT2D eigenvalue weighted by molar-refractivity contribution is 7.94. The van der Waals surface area contributed by atoms with Gasteiger partial charge in [-0.2, -0.15) is 0 Å². The summed E-state index contributed by atoms with van der Waals surface area (Å²) in [6.07, 6.45) is 10.2. The third-order valence-electron chi connectivity index (χ3n) is 7.31. The normalized spacial score (nSPS) is 29.5. The highest BCUT2D eigenvalue weighted by Gasteiger charge is 2.39. The van der Waals surface area contributed by atoms with Gasteiger partial charge in [-0.05, 0) is 62.4 Å². The molecule has 0 aromatic carbocycles. The molecule has 4 nitrogen and oxygen atoms in total. The summed E-state index contributed by atoms with van der Waals surface area (Å²) in [5.74, 6) is -2.10. The zero-order chi connectivity index (χ0) is 24.4. The van der Waals surface area contributed by atoms with Crippen molar-refractivity contribution in [1.29, 1.82) is 0 Å². The Morgan fingerprint density at radius 2 is 1.94 bits per heavy atom. The molecule has 3 rings (SSSR count). The molecule has 3 aliphatic rings. The van der Waals surface area contributed by atoms with Crippen LogP contribution in [0.5, 0.6) is 0 Å². The van der Waals surface area contributed by atoms with Gasteiger partial charge in [0.25, 0.3) is 0 Å². The Kier molecular flexibility index (Phi) is 8.47. The average molecular weight is 504 g/mol. The van der Waals surface area contributed by atoms with E-state index in [4.69, 9.17) is 11.6 Å². The number of alkyl halides is 2. The fourth-order valence-electron chi connectivity index (χ4n) is 5.45. The first-order chi connectivity index (χ1) is 15.4. The molecule has 0 aliphatic heterocycles. The van der Waals surface area contributed by atoms with Crippen molar-refractivity contribution in [3.8, 4) is 0 Å². The van der Waals surface area contributed by atoms with E-state index in [1.807, 2.05) is 6.08 Å². The molecule has 8 heteroatoms. The molecule has 0 saturated heterocycles. The molecular weight excluding hydrogens is 468 g/mol. The molecule has 1 N–H and O–H groups in total. The van der Waals surface area contributed by atoms with Gasteiger partial charge in [-0.3, -0.25) is 4.79 Å². The van der Waals surface area contributed by atoms with E-state index >= 15 is 0 Å². The van der Waals surface area contributed by atoms with Crippen molar-refractivity contribution >= 4 is 27.2 Å². The van der Waals surface area contributed by atoms with Crippen LogP contribution in [-0.4, -0.2) is 32.4 Å². The van der Waals surface area contributed by atoms with Crippen LogP contribution in [0.3, 0.4) is 0 Å². The number of halogens is 3. The van der Waals surface area contributed by atoms with Crippen molar-refractivity contribution in [1.82, 2.24) is 5.32 Å². The standard InChI is InChI=1S/C25H36ClF2NO3S/c1-16-13-17(2)23(21(26)14-16)24(29-19-5-4-6-20(15-19)33(3,31)32)22(30)8-7-18-9-11-25(27,28)12-10-18/h6,14-18,23-24,29H,4-5,7-13H2,1-3H3/t16?,17-,23?,24+/m0/s1. The predicted molar refractivity (Wildman–Crippen MR) is 129 cm³/mol. The molecular formula is C25H36ClF2NO3S. The van der Waals surface area contributed by atoms with Gasteiger partial charge in [0, 0.05) is 42.2 Å². The number of Topliss-reactive ketones (excluding diaryl/α,β-unsaturated/α-hetero) is 1. The van der Waals surface area contributed by atoms with E-state index < -0.39 is 21.8 Å². The fraction of sp³-hybridized carbons (Fsp3) is 0.720. The van der Waals surface area contributed by atoms with Crippen LogP contribution >= 0.6 is 11.6 Å². The molecule has 1 fully saturated rings. The smallest absolute Gasteiger partial charge is 0.248 e. The van der Waals surface area contributed by atoms with E-state index in [0.717, 1.165) is 12.1 Å². The van der Waals surface area contributed by atoms with E-state index in [2.05, 4.69) is 19.2 Å². The zero-order valence-electron chi connectivity index (χ0n) is 19.7. The Balaban J connectivity index is 1.77. The number of allylic oxidation sites excluding steroid dienone is 4. The van der Waals surface area contributed by atoms with E-state index in [-0.39, 0.29) is 41.3 Å². The highest BCUT2D eigenvalue weighted by Crippen LogP contribution is 2.40. The summed E-state index contributed by atoms with van der Waals surface area (Å²) >= 11 is 6.67. The van der Waals surface area contributed by atoms with Crippen LogP contribution in [-0.2, 0) is 14.6 Å². The second kappa shape index (κ2) is 10.6. The van der Waals surface area contributed by atoms with Crippen LogP contribution in [0.25, 0.3) is 0 Å². The molecule has 0 aromatic heterocycles. The summed E-state index contributed by atoms with van der Waals surface area (Å²) in [4.78, 5) is 13.7. The molecule has 186 valence electrons. The molecule has 4 atom stereocenters. The minimum absolute atomic E-state index is 0.0154. The number of nitrogens with one attached hydrogen (secondary N) is 1. The number of hydrogen-bond donors (Lipinski definition) is 1. The maximum absolute atomic E-state index is 13.5. The van der Waals surface area contributed by atoms with Crippen molar-refractivity contribution < 1.29 is 22.0 Å². The highest BCUT2D eigenvalue weighted by atomic mass is 35.5. The Bertz CT molecular complexity index is 931. The van der Waals surface area contributed by atoms with E-state index in [1.54, 1.807) is 12.2 Å². The van der Waals surface area contributed by atoms with Crippen LogP contribution < -0.4 is 5.32 Å². The van der Waals surface area contributed by atoms with Crippen molar-refractivity contribution in [3.63, 3.8) is 0 Å². The molecule has 0 bridgehead atoms. The van der Waals surface area contributed by atoms with Crippen LogP contribution in [0, 0.1) is 23.7 Å². The SMILES string of the molecule is CC1C=C(Cl)C([C@H](NC2=CC(S(C)(=O)=O)=CCC2)C(=O)CCC2CCC(F)(F)CC2)[C@@H](C)C1. The topological polar surface area (TPSA) is 63.2 Å². The molecule has 33 heavy (non-hydrogen) atoms. The largest absolute Gasteiger partial charge is 0.378 e. The minimum atomic E-state index is -3.34. The van der Waals surface area contributed by atoms with E-state index in [9.17, 15) is 22.0 Å². The Hall–Kier alpha value is -1.21. The van der Waals surface area contributed by atoms with E-state index in [0.29, 0.717) is 49.5 Å². The van der Waals surface area contributed by atoms with Gasteiger partial charge in [0.05, 0.1) is 10.9 Å². The zero-order valence-corrected chi connectivity index (χ0v) is 21.3. The Labute approximate surface area is 201 Å². The molecule has 0 spiro atoms. The summed E-state index contributed by atoms with van der Waals surface area (Å²) in [7, 11) is -3.34. The van der Waals surface area contributed by atoms with Gasteiger partial charge in [-0.25, -0.2) is 17.2 Å². The molecule has 1 saturated carbocycles. The van der Waals surface area contributed by atoms with Crippen LogP contribution in [0.2, 0.25) is 0 Å². The predicted octanol–water partition coefficient (Wildman–Crippen LogP) is 6.14. The molecule has 0 heterocycles. The monoisotopic (exact) mass is 503 g/mol. The van der Waals surface area contributed by atoms with Crippen molar-refractivity contribution in [2.24, 2.45) is 23.7 Å². The fourth-order valence-corrected chi connectivity index (χ4v) is 6.78. The lowest BCUT2D eigenvalue weighted by molar-refractivity contribution is -0.122. The molecule has 2 unspecified atom stereocenters.